The van der Waals surface area contributed by atoms with Crippen LogP contribution in [0.25, 0.3) is 0 Å². The second-order valence-electron chi connectivity index (χ2n) is 13.1. The standard InChI is InChI=1S/C34H62O9/c1-11-19(2)12-20(3)13-21(4)30(38)22(5)14-23(6)31(39)24(7)15-25(8)32(40)26(9)16-27(10)34(42)43-18-29(37)33(41)28(36)17-35/h14-16,19-22,24,26,28-33,35-41H,11-13,17-18H2,1-10H3/t19?,20?,21?,22?,24?,26?,28-,29-,30?,31?,32?,33+/m1/s1. The summed E-state index contributed by atoms with van der Waals surface area (Å²) in [5.41, 5.74) is 1.56. The molecular weight excluding hydrogens is 552 g/mol. The molecule has 43 heavy (non-hydrogen) atoms. The second-order valence-corrected chi connectivity index (χ2v) is 13.1. The lowest BCUT2D eigenvalue weighted by atomic mass is 9.82. The Bertz CT molecular complexity index is 898. The van der Waals surface area contributed by atoms with Gasteiger partial charge >= 0.3 is 5.97 Å². The van der Waals surface area contributed by atoms with Crippen LogP contribution in [0.1, 0.15) is 88.5 Å². The minimum Gasteiger partial charge on any atom is -0.459 e. The van der Waals surface area contributed by atoms with E-state index in [1.54, 1.807) is 19.9 Å². The predicted octanol–water partition coefficient (Wildman–Crippen LogP) is 3.53. The van der Waals surface area contributed by atoms with Gasteiger partial charge in [0.1, 0.15) is 24.9 Å². The van der Waals surface area contributed by atoms with Gasteiger partial charge in [-0.05, 0) is 62.5 Å². The Labute approximate surface area is 260 Å². The molecule has 7 N–H and O–H groups in total. The summed E-state index contributed by atoms with van der Waals surface area (Å²) in [6, 6.07) is 0. The minimum absolute atomic E-state index is 0.125. The molecule has 0 saturated carbocycles. The highest BCUT2D eigenvalue weighted by Crippen LogP contribution is 2.28. The average molecular weight is 615 g/mol. The quantitative estimate of drug-likeness (QED) is 0.0616. The van der Waals surface area contributed by atoms with Gasteiger partial charge in [0.25, 0.3) is 0 Å². The Morgan fingerprint density at radius 3 is 1.65 bits per heavy atom. The van der Waals surface area contributed by atoms with Gasteiger partial charge in [-0.25, -0.2) is 4.79 Å². The Morgan fingerprint density at radius 1 is 0.674 bits per heavy atom. The van der Waals surface area contributed by atoms with Gasteiger partial charge in [0.05, 0.1) is 24.9 Å². The first-order valence-electron chi connectivity index (χ1n) is 15.8. The third kappa shape index (κ3) is 14.8. The Morgan fingerprint density at radius 2 is 1.16 bits per heavy atom. The van der Waals surface area contributed by atoms with Crippen LogP contribution in [0.3, 0.4) is 0 Å². The van der Waals surface area contributed by atoms with Gasteiger partial charge in [-0.15, -0.1) is 0 Å². The highest BCUT2D eigenvalue weighted by atomic mass is 16.5. The Balaban J connectivity index is 5.21. The van der Waals surface area contributed by atoms with Crippen molar-refractivity contribution in [1.29, 1.82) is 0 Å². The molecule has 0 amide bonds. The maximum absolute atomic E-state index is 12.3. The van der Waals surface area contributed by atoms with E-state index >= 15 is 0 Å². The molecule has 0 bridgehead atoms. The zero-order valence-corrected chi connectivity index (χ0v) is 28.1. The zero-order chi connectivity index (χ0) is 33.6. The fraction of sp³-hybridized carbons (Fsp3) is 0.794. The summed E-state index contributed by atoms with van der Waals surface area (Å²) >= 11 is 0. The molecule has 9 nitrogen and oxygen atoms in total. The van der Waals surface area contributed by atoms with E-state index in [1.165, 1.54) is 13.0 Å². The van der Waals surface area contributed by atoms with Gasteiger partial charge < -0.3 is 40.5 Å². The molecular formula is C34H62O9. The van der Waals surface area contributed by atoms with Crippen LogP contribution in [0.4, 0.5) is 0 Å². The highest BCUT2D eigenvalue weighted by molar-refractivity contribution is 5.87. The van der Waals surface area contributed by atoms with Crippen LogP contribution in [0, 0.1) is 35.5 Å². The van der Waals surface area contributed by atoms with Crippen LogP contribution in [0.5, 0.6) is 0 Å². The van der Waals surface area contributed by atoms with Crippen LogP contribution in [0.15, 0.2) is 34.9 Å². The van der Waals surface area contributed by atoms with E-state index in [0.29, 0.717) is 17.4 Å². The van der Waals surface area contributed by atoms with E-state index in [0.717, 1.165) is 24.8 Å². The van der Waals surface area contributed by atoms with Crippen LogP contribution in [0.2, 0.25) is 0 Å². The first-order valence-corrected chi connectivity index (χ1v) is 15.8. The van der Waals surface area contributed by atoms with Crippen molar-refractivity contribution >= 4 is 5.97 Å². The number of ether oxygens (including phenoxy) is 1. The molecule has 0 spiro atoms. The molecule has 252 valence electrons. The van der Waals surface area contributed by atoms with Gasteiger partial charge in [-0.2, -0.15) is 0 Å². The molecule has 9 heteroatoms. The third-order valence-corrected chi connectivity index (χ3v) is 8.57. The van der Waals surface area contributed by atoms with Crippen molar-refractivity contribution in [2.24, 2.45) is 35.5 Å². The number of esters is 1. The minimum atomic E-state index is -1.67. The summed E-state index contributed by atoms with van der Waals surface area (Å²) in [6.07, 6.45) is 1.47. The first-order chi connectivity index (χ1) is 19.9. The first kappa shape index (κ1) is 41.4. The molecule has 0 aromatic rings. The number of hydrogen-bond donors (Lipinski definition) is 7. The predicted molar refractivity (Wildman–Crippen MR) is 170 cm³/mol. The number of hydrogen-bond acceptors (Lipinski definition) is 9. The molecule has 0 rings (SSSR count). The van der Waals surface area contributed by atoms with Gasteiger partial charge in [-0.3, -0.25) is 0 Å². The monoisotopic (exact) mass is 614 g/mol. The summed E-state index contributed by atoms with van der Waals surface area (Å²) in [5.74, 6) is -0.329. The number of carbonyl (C=O) groups excluding carboxylic acids is 1. The molecule has 0 aliphatic carbocycles. The molecule has 0 heterocycles. The van der Waals surface area contributed by atoms with Crippen molar-refractivity contribution < 1.29 is 45.3 Å². The van der Waals surface area contributed by atoms with Crippen molar-refractivity contribution in [3.05, 3.63) is 34.9 Å². The summed E-state index contributed by atoms with van der Waals surface area (Å²) < 4.78 is 4.98. The molecule has 9 unspecified atom stereocenters. The number of aliphatic hydroxyl groups excluding tert-OH is 7. The maximum Gasteiger partial charge on any atom is 0.333 e. The van der Waals surface area contributed by atoms with Gasteiger partial charge in [-0.1, -0.05) is 73.1 Å². The van der Waals surface area contributed by atoms with Crippen LogP contribution in [-0.4, -0.2) is 91.6 Å². The van der Waals surface area contributed by atoms with E-state index in [1.807, 2.05) is 26.8 Å². The topological polar surface area (TPSA) is 168 Å². The normalized spacial score (nSPS) is 21.9. The van der Waals surface area contributed by atoms with Crippen molar-refractivity contribution in [3.8, 4) is 0 Å². The molecule has 12 atom stereocenters. The van der Waals surface area contributed by atoms with Crippen molar-refractivity contribution in [3.63, 3.8) is 0 Å². The van der Waals surface area contributed by atoms with E-state index in [4.69, 9.17) is 9.84 Å². The van der Waals surface area contributed by atoms with Crippen LogP contribution >= 0.6 is 0 Å². The zero-order valence-electron chi connectivity index (χ0n) is 28.1. The lowest BCUT2D eigenvalue weighted by Crippen LogP contribution is -2.42. The largest absolute Gasteiger partial charge is 0.459 e. The molecule has 0 aliphatic heterocycles. The van der Waals surface area contributed by atoms with Crippen molar-refractivity contribution in [2.75, 3.05) is 13.2 Å². The third-order valence-electron chi connectivity index (χ3n) is 8.57. The van der Waals surface area contributed by atoms with Crippen LogP contribution < -0.4 is 0 Å². The fourth-order valence-corrected chi connectivity index (χ4v) is 5.58. The molecule has 0 aliphatic rings. The lowest BCUT2D eigenvalue weighted by Gasteiger charge is -2.28. The van der Waals surface area contributed by atoms with Gasteiger partial charge in [0.2, 0.25) is 0 Å². The number of aliphatic hydroxyl groups is 7. The van der Waals surface area contributed by atoms with E-state index < -0.39 is 61.7 Å². The number of carbonyl (C=O) groups is 1. The Kier molecular flexibility index (Phi) is 19.7. The number of rotatable bonds is 20. The SMILES string of the molecule is CCC(C)CC(C)CC(C)C(O)C(C)C=C(C)C(O)C(C)C=C(C)C(O)C(C)C=C(C)C(=O)OC[C@@H](O)[C@@H](O)[C@H](O)CO. The summed E-state index contributed by atoms with van der Waals surface area (Å²) in [6.45, 7) is 18.1. The van der Waals surface area contributed by atoms with Gasteiger partial charge in [0, 0.05) is 23.3 Å². The molecule has 0 aromatic heterocycles. The highest BCUT2D eigenvalue weighted by Gasteiger charge is 2.27. The van der Waals surface area contributed by atoms with E-state index in [2.05, 4.69) is 27.7 Å². The fourth-order valence-electron chi connectivity index (χ4n) is 5.58. The molecule has 0 fully saturated rings. The van der Waals surface area contributed by atoms with Crippen molar-refractivity contribution in [2.45, 2.75) is 125 Å². The maximum atomic E-state index is 12.3. The molecule has 0 saturated heterocycles. The smallest absolute Gasteiger partial charge is 0.333 e. The molecule has 0 radical (unpaired) electrons. The lowest BCUT2D eigenvalue weighted by molar-refractivity contribution is -0.148. The Hall–Kier alpha value is -1.59. The van der Waals surface area contributed by atoms with E-state index in [9.17, 15) is 35.4 Å². The van der Waals surface area contributed by atoms with E-state index in [-0.39, 0.29) is 23.3 Å². The molecule has 0 aromatic carbocycles. The summed E-state index contributed by atoms with van der Waals surface area (Å²) in [5, 5.41) is 70.6. The van der Waals surface area contributed by atoms with Gasteiger partial charge in [0.15, 0.2) is 0 Å². The van der Waals surface area contributed by atoms with Crippen molar-refractivity contribution in [1.82, 2.24) is 0 Å². The second kappa shape index (κ2) is 20.4. The van der Waals surface area contributed by atoms with Crippen LogP contribution in [-0.2, 0) is 9.53 Å². The summed E-state index contributed by atoms with van der Waals surface area (Å²) in [4.78, 5) is 12.3. The summed E-state index contributed by atoms with van der Waals surface area (Å²) in [7, 11) is 0. The average Bonchev–Trinajstić information content (AvgIpc) is 2.96.